The largest absolute Gasteiger partial charge is 0.478 e. The molecular formula is C18H24N2O9S. The number of benzene rings is 1. The lowest BCUT2D eigenvalue weighted by Crippen LogP contribution is -2.63. The fourth-order valence-electron chi connectivity index (χ4n) is 3.02. The van der Waals surface area contributed by atoms with Crippen molar-refractivity contribution in [2.75, 3.05) is 6.61 Å². The average Bonchev–Trinajstić information content (AvgIpc) is 2.67. The molecule has 1 aliphatic rings. The Labute approximate surface area is 173 Å². The molecule has 6 N–H and O–H groups in total. The van der Waals surface area contributed by atoms with E-state index < -0.39 is 70.4 Å². The number of ether oxygens (including phenoxy) is 1. The standard InChI is InChI=1S/C18H24N2O9S/c1-10(22)19-15-12(20-30(27,28)9-11-5-3-2-4-6-11)7-14(18(25)26)29-17(15)16(24)13(23)8-21/h2-7,12-13,15-17,20-21,23-24H,8-9H2,1H3,(H,19,22)(H,25,26)/t12-,13+,15+,16+,17+/m0/s1. The number of aliphatic carboxylic acids is 1. The molecule has 1 aromatic carbocycles. The third-order valence-corrected chi connectivity index (χ3v) is 5.69. The molecule has 166 valence electrons. The van der Waals surface area contributed by atoms with E-state index in [1.54, 1.807) is 30.3 Å². The molecular weight excluding hydrogens is 420 g/mol. The molecule has 2 rings (SSSR count). The molecule has 0 fully saturated rings. The predicted octanol–water partition coefficient (Wildman–Crippen LogP) is -1.94. The Balaban J connectivity index is 2.39. The van der Waals surface area contributed by atoms with Gasteiger partial charge in [0, 0.05) is 6.92 Å². The maximum absolute atomic E-state index is 12.6. The maximum Gasteiger partial charge on any atom is 0.370 e. The van der Waals surface area contributed by atoms with E-state index in [1.165, 1.54) is 0 Å². The van der Waals surface area contributed by atoms with Crippen LogP contribution in [0.3, 0.4) is 0 Å². The number of carbonyl (C=O) groups is 2. The fraction of sp³-hybridized carbons (Fsp3) is 0.444. The normalized spacial score (nSPS) is 23.6. The van der Waals surface area contributed by atoms with Crippen LogP contribution < -0.4 is 10.0 Å². The molecule has 0 aromatic heterocycles. The van der Waals surface area contributed by atoms with E-state index >= 15 is 0 Å². The van der Waals surface area contributed by atoms with Crippen LogP contribution in [0.2, 0.25) is 0 Å². The number of amides is 1. The number of hydrogen-bond acceptors (Lipinski definition) is 8. The average molecular weight is 444 g/mol. The van der Waals surface area contributed by atoms with Gasteiger partial charge < -0.3 is 30.5 Å². The van der Waals surface area contributed by atoms with Gasteiger partial charge in [0.2, 0.25) is 21.7 Å². The summed E-state index contributed by atoms with van der Waals surface area (Å²) in [5.74, 6) is -3.25. The Morgan fingerprint density at radius 1 is 1.20 bits per heavy atom. The van der Waals surface area contributed by atoms with Crippen LogP contribution in [0.15, 0.2) is 42.2 Å². The molecule has 30 heavy (non-hydrogen) atoms. The van der Waals surface area contributed by atoms with Gasteiger partial charge in [0.1, 0.15) is 18.3 Å². The highest BCUT2D eigenvalue weighted by molar-refractivity contribution is 7.88. The lowest BCUT2D eigenvalue weighted by Gasteiger charge is -2.39. The second-order valence-corrected chi connectivity index (χ2v) is 8.53. The summed E-state index contributed by atoms with van der Waals surface area (Å²) in [4.78, 5) is 23.1. The summed E-state index contributed by atoms with van der Waals surface area (Å²) in [6, 6.07) is 5.64. The molecule has 0 saturated heterocycles. The number of aliphatic hydroxyl groups is 3. The van der Waals surface area contributed by atoms with Crippen LogP contribution in [0.1, 0.15) is 12.5 Å². The zero-order valence-corrected chi connectivity index (χ0v) is 16.8. The maximum atomic E-state index is 12.6. The van der Waals surface area contributed by atoms with Crippen molar-refractivity contribution in [2.24, 2.45) is 0 Å². The highest BCUT2D eigenvalue weighted by atomic mass is 32.2. The summed E-state index contributed by atoms with van der Waals surface area (Å²) in [5, 5.41) is 40.9. The Morgan fingerprint density at radius 2 is 1.83 bits per heavy atom. The van der Waals surface area contributed by atoms with Gasteiger partial charge in [-0.2, -0.15) is 0 Å². The number of nitrogens with one attached hydrogen (secondary N) is 2. The monoisotopic (exact) mass is 444 g/mol. The van der Waals surface area contributed by atoms with Gasteiger partial charge in [0.25, 0.3) is 0 Å². The third-order valence-electron chi connectivity index (χ3n) is 4.35. The van der Waals surface area contributed by atoms with Crippen LogP contribution in [0, 0.1) is 0 Å². The summed E-state index contributed by atoms with van der Waals surface area (Å²) in [6.07, 6.45) is -4.14. The number of hydrogen-bond donors (Lipinski definition) is 6. The van der Waals surface area contributed by atoms with Crippen molar-refractivity contribution in [3.05, 3.63) is 47.7 Å². The van der Waals surface area contributed by atoms with E-state index in [2.05, 4.69) is 10.0 Å². The summed E-state index contributed by atoms with van der Waals surface area (Å²) in [5.41, 5.74) is 0.475. The molecule has 1 amide bonds. The van der Waals surface area contributed by atoms with Gasteiger partial charge in [0.15, 0.2) is 0 Å². The summed E-state index contributed by atoms with van der Waals surface area (Å²) in [6.45, 7) is 0.266. The predicted molar refractivity (Wildman–Crippen MR) is 103 cm³/mol. The van der Waals surface area contributed by atoms with Crippen molar-refractivity contribution in [1.29, 1.82) is 0 Å². The number of rotatable bonds is 9. The number of carbonyl (C=O) groups excluding carboxylic acids is 1. The first-order chi connectivity index (χ1) is 14.0. The molecule has 0 aliphatic carbocycles. The van der Waals surface area contributed by atoms with Crippen molar-refractivity contribution >= 4 is 21.9 Å². The minimum atomic E-state index is -4.01. The number of aliphatic hydroxyl groups excluding tert-OH is 3. The summed E-state index contributed by atoms with van der Waals surface area (Å²) >= 11 is 0. The molecule has 1 aliphatic heterocycles. The third kappa shape index (κ3) is 6.24. The molecule has 0 spiro atoms. The first-order valence-corrected chi connectivity index (χ1v) is 10.6. The summed E-state index contributed by atoms with van der Waals surface area (Å²) < 4.78 is 32.8. The minimum Gasteiger partial charge on any atom is -0.478 e. The lowest BCUT2D eigenvalue weighted by atomic mass is 9.92. The molecule has 0 saturated carbocycles. The smallest absolute Gasteiger partial charge is 0.370 e. The van der Waals surface area contributed by atoms with Crippen molar-refractivity contribution in [3.63, 3.8) is 0 Å². The van der Waals surface area contributed by atoms with Crippen LogP contribution in [0.4, 0.5) is 0 Å². The first kappa shape index (κ1) is 23.8. The Hall–Kier alpha value is -2.51. The first-order valence-electron chi connectivity index (χ1n) is 8.94. The molecule has 12 heteroatoms. The molecule has 0 radical (unpaired) electrons. The van der Waals surface area contributed by atoms with Gasteiger partial charge in [-0.3, -0.25) is 4.79 Å². The van der Waals surface area contributed by atoms with Crippen molar-refractivity contribution in [3.8, 4) is 0 Å². The molecule has 5 atom stereocenters. The lowest BCUT2D eigenvalue weighted by molar-refractivity contribution is -0.146. The van der Waals surface area contributed by atoms with Gasteiger partial charge in [-0.15, -0.1) is 0 Å². The number of carboxylic acid groups (broad SMARTS) is 1. The summed E-state index contributed by atoms with van der Waals surface area (Å²) in [7, 11) is -4.01. The molecule has 0 bridgehead atoms. The highest BCUT2D eigenvalue weighted by Gasteiger charge is 2.44. The molecule has 0 unspecified atom stereocenters. The van der Waals surface area contributed by atoms with Gasteiger partial charge in [-0.1, -0.05) is 30.3 Å². The van der Waals surface area contributed by atoms with Crippen molar-refractivity contribution in [2.45, 2.75) is 43.1 Å². The van der Waals surface area contributed by atoms with E-state index in [-0.39, 0.29) is 0 Å². The highest BCUT2D eigenvalue weighted by Crippen LogP contribution is 2.24. The Kier molecular flexibility index (Phi) is 7.92. The van der Waals surface area contributed by atoms with Crippen LogP contribution in [-0.4, -0.2) is 77.7 Å². The van der Waals surface area contributed by atoms with Gasteiger partial charge in [0.05, 0.1) is 24.4 Å². The quantitative estimate of drug-likeness (QED) is 0.252. The Morgan fingerprint density at radius 3 is 2.37 bits per heavy atom. The fourth-order valence-corrected chi connectivity index (χ4v) is 4.36. The zero-order chi connectivity index (χ0) is 22.5. The minimum absolute atomic E-state index is 0.416. The van der Waals surface area contributed by atoms with Gasteiger partial charge in [-0.25, -0.2) is 17.9 Å². The molecule has 1 heterocycles. The molecule has 1 aromatic rings. The van der Waals surface area contributed by atoms with Crippen LogP contribution in [0.5, 0.6) is 0 Å². The van der Waals surface area contributed by atoms with Crippen LogP contribution in [0.25, 0.3) is 0 Å². The topological polar surface area (TPSA) is 182 Å². The SMILES string of the molecule is CC(=O)N[C@H]1[C@H]([C@H](O)[C@H](O)CO)OC(C(=O)O)=C[C@@H]1NS(=O)(=O)Cc1ccccc1. The van der Waals surface area contributed by atoms with Crippen LogP contribution in [-0.2, 0) is 30.1 Å². The van der Waals surface area contributed by atoms with E-state index in [0.29, 0.717) is 5.56 Å². The Bertz CT molecular complexity index is 888. The van der Waals surface area contributed by atoms with E-state index in [1.807, 2.05) is 0 Å². The second-order valence-electron chi connectivity index (χ2n) is 6.77. The van der Waals surface area contributed by atoms with Crippen molar-refractivity contribution < 1.29 is 43.2 Å². The van der Waals surface area contributed by atoms with Crippen molar-refractivity contribution in [1.82, 2.24) is 10.0 Å². The van der Waals surface area contributed by atoms with Gasteiger partial charge >= 0.3 is 5.97 Å². The van der Waals surface area contributed by atoms with E-state index in [9.17, 15) is 33.3 Å². The van der Waals surface area contributed by atoms with E-state index in [0.717, 1.165) is 13.0 Å². The number of sulfonamides is 1. The van der Waals surface area contributed by atoms with Gasteiger partial charge in [-0.05, 0) is 11.6 Å². The van der Waals surface area contributed by atoms with E-state index in [4.69, 9.17) is 9.84 Å². The second kappa shape index (κ2) is 10.00. The van der Waals surface area contributed by atoms with Crippen LogP contribution >= 0.6 is 0 Å². The zero-order valence-electron chi connectivity index (χ0n) is 16.0. The molecule has 11 nitrogen and oxygen atoms in total. The number of carboxylic acids is 1.